The van der Waals surface area contributed by atoms with Crippen LogP contribution in [0.2, 0.25) is 0 Å². The van der Waals surface area contributed by atoms with Crippen LogP contribution in [0.1, 0.15) is 5.56 Å². The Morgan fingerprint density at radius 3 is 2.45 bits per heavy atom. The molecule has 0 bridgehead atoms. The maximum Gasteiger partial charge on any atom is 0.234 e. The molecule has 0 aromatic heterocycles. The molecule has 0 aliphatic carbocycles. The number of hydrogen-bond donors (Lipinski definition) is 2. The van der Waals surface area contributed by atoms with E-state index in [4.69, 9.17) is 19.9 Å². The Morgan fingerprint density at radius 1 is 1.20 bits per heavy atom. The van der Waals surface area contributed by atoms with Gasteiger partial charge in [0.2, 0.25) is 11.7 Å². The van der Waals surface area contributed by atoms with Gasteiger partial charge in [-0.2, -0.15) is 0 Å². The second-order valence-electron chi connectivity index (χ2n) is 3.66. The van der Waals surface area contributed by atoms with Gasteiger partial charge in [-0.15, -0.1) is 0 Å². The third kappa shape index (κ3) is 3.80. The molecule has 0 aliphatic heterocycles. The standard InChI is InChI=1S/C14H18N2O4/c1-18-11-7-6-10(13(19-2)14(11)20-3)5-4-8-16-12(17)9-15/h6-7H,8-9,15H2,1-3H3,(H,16,17). The molecule has 1 amide bonds. The van der Waals surface area contributed by atoms with Gasteiger partial charge in [-0.05, 0) is 12.1 Å². The van der Waals surface area contributed by atoms with Gasteiger partial charge in [-0.1, -0.05) is 11.8 Å². The van der Waals surface area contributed by atoms with Crippen molar-refractivity contribution in [1.82, 2.24) is 5.32 Å². The van der Waals surface area contributed by atoms with E-state index in [2.05, 4.69) is 17.2 Å². The van der Waals surface area contributed by atoms with E-state index in [9.17, 15) is 4.79 Å². The summed E-state index contributed by atoms with van der Waals surface area (Å²) in [5.74, 6) is 7.00. The lowest BCUT2D eigenvalue weighted by Crippen LogP contribution is -2.30. The van der Waals surface area contributed by atoms with E-state index in [1.165, 1.54) is 14.2 Å². The van der Waals surface area contributed by atoms with E-state index in [0.717, 1.165) is 0 Å². The van der Waals surface area contributed by atoms with Gasteiger partial charge in [0.1, 0.15) is 0 Å². The van der Waals surface area contributed by atoms with Crippen LogP contribution in [0.25, 0.3) is 0 Å². The lowest BCUT2D eigenvalue weighted by atomic mass is 10.1. The lowest BCUT2D eigenvalue weighted by Gasteiger charge is -2.13. The Morgan fingerprint density at radius 2 is 1.90 bits per heavy atom. The van der Waals surface area contributed by atoms with Crippen molar-refractivity contribution >= 4 is 5.91 Å². The molecule has 0 saturated carbocycles. The third-order valence-corrected chi connectivity index (χ3v) is 2.49. The first-order valence-electron chi connectivity index (χ1n) is 5.92. The van der Waals surface area contributed by atoms with Crippen molar-refractivity contribution in [3.05, 3.63) is 17.7 Å². The largest absolute Gasteiger partial charge is 0.493 e. The number of methoxy groups -OCH3 is 3. The molecule has 20 heavy (non-hydrogen) atoms. The number of ether oxygens (including phenoxy) is 3. The first-order chi connectivity index (χ1) is 9.67. The molecule has 0 spiro atoms. The molecule has 1 aromatic carbocycles. The predicted octanol–water partition coefficient (Wildman–Crippen LogP) is 0.139. The van der Waals surface area contributed by atoms with E-state index in [1.54, 1.807) is 19.2 Å². The van der Waals surface area contributed by atoms with Crippen molar-refractivity contribution in [2.24, 2.45) is 5.73 Å². The topological polar surface area (TPSA) is 82.8 Å². The molecule has 0 heterocycles. The summed E-state index contributed by atoms with van der Waals surface area (Å²) >= 11 is 0. The summed E-state index contributed by atoms with van der Waals surface area (Å²) in [5.41, 5.74) is 5.82. The van der Waals surface area contributed by atoms with Gasteiger partial charge in [0.15, 0.2) is 11.5 Å². The van der Waals surface area contributed by atoms with E-state index in [1.807, 2.05) is 0 Å². The van der Waals surface area contributed by atoms with Crippen LogP contribution in [-0.4, -0.2) is 40.3 Å². The number of nitrogens with one attached hydrogen (secondary N) is 1. The number of rotatable bonds is 5. The first-order valence-corrected chi connectivity index (χ1v) is 5.92. The van der Waals surface area contributed by atoms with Crippen LogP contribution < -0.4 is 25.3 Å². The molecule has 0 aliphatic rings. The highest BCUT2D eigenvalue weighted by molar-refractivity contribution is 5.78. The maximum absolute atomic E-state index is 11.0. The van der Waals surface area contributed by atoms with Crippen molar-refractivity contribution in [1.29, 1.82) is 0 Å². The van der Waals surface area contributed by atoms with E-state index < -0.39 is 0 Å². The Hall–Kier alpha value is -2.39. The molecule has 0 radical (unpaired) electrons. The molecule has 6 heteroatoms. The number of hydrogen-bond acceptors (Lipinski definition) is 5. The van der Waals surface area contributed by atoms with Gasteiger partial charge in [-0.3, -0.25) is 4.79 Å². The molecular formula is C14H18N2O4. The van der Waals surface area contributed by atoms with Gasteiger partial charge in [-0.25, -0.2) is 0 Å². The van der Waals surface area contributed by atoms with Crippen LogP contribution >= 0.6 is 0 Å². The Balaban J connectivity index is 2.96. The molecule has 0 atom stereocenters. The Kier molecular flexibility index (Phi) is 6.20. The fraction of sp³-hybridized carbons (Fsp3) is 0.357. The summed E-state index contributed by atoms with van der Waals surface area (Å²) in [7, 11) is 4.60. The fourth-order valence-corrected chi connectivity index (χ4v) is 1.55. The zero-order valence-corrected chi connectivity index (χ0v) is 11.8. The summed E-state index contributed by atoms with van der Waals surface area (Å²) < 4.78 is 15.7. The van der Waals surface area contributed by atoms with Crippen molar-refractivity contribution in [3.8, 4) is 29.1 Å². The zero-order chi connectivity index (χ0) is 15.0. The third-order valence-electron chi connectivity index (χ3n) is 2.49. The number of carbonyl (C=O) groups is 1. The Bertz CT molecular complexity index is 532. The molecule has 0 unspecified atom stereocenters. The minimum atomic E-state index is -0.251. The van der Waals surface area contributed by atoms with Gasteiger partial charge >= 0.3 is 0 Å². The highest BCUT2D eigenvalue weighted by Crippen LogP contribution is 2.39. The zero-order valence-electron chi connectivity index (χ0n) is 11.8. The molecule has 108 valence electrons. The molecule has 0 fully saturated rings. The van der Waals surface area contributed by atoms with Crippen LogP contribution in [0.4, 0.5) is 0 Å². The summed E-state index contributed by atoms with van der Waals surface area (Å²) in [5, 5.41) is 2.56. The van der Waals surface area contributed by atoms with Gasteiger partial charge < -0.3 is 25.3 Å². The van der Waals surface area contributed by atoms with E-state index in [-0.39, 0.29) is 19.0 Å². The monoisotopic (exact) mass is 278 g/mol. The molecule has 6 nitrogen and oxygen atoms in total. The van der Waals surface area contributed by atoms with Crippen molar-refractivity contribution in [3.63, 3.8) is 0 Å². The highest BCUT2D eigenvalue weighted by atomic mass is 16.5. The smallest absolute Gasteiger partial charge is 0.234 e. The molecule has 1 rings (SSSR count). The highest BCUT2D eigenvalue weighted by Gasteiger charge is 2.14. The molecule has 1 aromatic rings. The second-order valence-corrected chi connectivity index (χ2v) is 3.66. The lowest BCUT2D eigenvalue weighted by molar-refractivity contribution is -0.119. The first kappa shape index (κ1) is 15.7. The van der Waals surface area contributed by atoms with Crippen LogP contribution in [0, 0.1) is 11.8 Å². The van der Waals surface area contributed by atoms with Crippen LogP contribution in [0.3, 0.4) is 0 Å². The fourth-order valence-electron chi connectivity index (χ4n) is 1.55. The number of amides is 1. The van der Waals surface area contributed by atoms with Crippen LogP contribution in [0.5, 0.6) is 17.2 Å². The van der Waals surface area contributed by atoms with Crippen molar-refractivity contribution in [2.75, 3.05) is 34.4 Å². The second kappa shape index (κ2) is 7.92. The van der Waals surface area contributed by atoms with Crippen molar-refractivity contribution < 1.29 is 19.0 Å². The van der Waals surface area contributed by atoms with Gasteiger partial charge in [0.25, 0.3) is 0 Å². The molecular weight excluding hydrogens is 260 g/mol. The van der Waals surface area contributed by atoms with E-state index >= 15 is 0 Å². The Labute approximate surface area is 118 Å². The quantitative estimate of drug-likeness (QED) is 0.749. The van der Waals surface area contributed by atoms with Crippen LogP contribution in [0.15, 0.2) is 12.1 Å². The number of benzene rings is 1. The average Bonchev–Trinajstić information content (AvgIpc) is 2.49. The normalized spacial score (nSPS) is 9.20. The van der Waals surface area contributed by atoms with E-state index in [0.29, 0.717) is 22.8 Å². The molecule has 3 N–H and O–H groups in total. The summed E-state index contributed by atoms with van der Waals surface area (Å²) in [4.78, 5) is 11.0. The van der Waals surface area contributed by atoms with Crippen molar-refractivity contribution in [2.45, 2.75) is 0 Å². The summed E-state index contributed by atoms with van der Waals surface area (Å²) in [6.07, 6.45) is 0. The predicted molar refractivity (Wildman–Crippen MR) is 75.0 cm³/mol. The number of carbonyl (C=O) groups excluding carboxylic acids is 1. The summed E-state index contributed by atoms with van der Waals surface area (Å²) in [6.45, 7) is 0.162. The minimum absolute atomic E-state index is 0.0542. The summed E-state index contributed by atoms with van der Waals surface area (Å²) in [6, 6.07) is 3.50. The SMILES string of the molecule is COc1ccc(C#CCNC(=O)CN)c(OC)c1OC. The van der Waals surface area contributed by atoms with Crippen LogP contribution in [-0.2, 0) is 4.79 Å². The average molecular weight is 278 g/mol. The molecule has 0 saturated heterocycles. The van der Waals surface area contributed by atoms with Gasteiger partial charge in [0.05, 0.1) is 40.0 Å². The number of nitrogens with two attached hydrogens (primary N) is 1. The minimum Gasteiger partial charge on any atom is -0.493 e. The maximum atomic E-state index is 11.0. The van der Waals surface area contributed by atoms with Gasteiger partial charge in [0, 0.05) is 0 Å².